The van der Waals surface area contributed by atoms with E-state index in [2.05, 4.69) is 5.32 Å². The van der Waals surface area contributed by atoms with Crippen LogP contribution in [-0.4, -0.2) is 36.3 Å². The smallest absolute Gasteiger partial charge is 0.268 e. The standard InChI is InChI=1S/C18H24FN3O3S/c1-5-22(6-2)26(24,25)16-11-17(21(4)12-16)18(23)20-13(3)14-7-9-15(19)10-8-14/h7-13H,5-6H2,1-4H3,(H,20,23). The van der Waals surface area contributed by atoms with E-state index in [9.17, 15) is 17.6 Å². The highest BCUT2D eigenvalue weighted by molar-refractivity contribution is 7.89. The number of halogens is 1. The molecular formula is C18H24FN3O3S. The number of hydrogen-bond donors (Lipinski definition) is 1. The zero-order valence-electron chi connectivity index (χ0n) is 15.4. The van der Waals surface area contributed by atoms with Gasteiger partial charge in [0.25, 0.3) is 5.91 Å². The zero-order chi connectivity index (χ0) is 19.5. The molecular weight excluding hydrogens is 357 g/mol. The lowest BCUT2D eigenvalue weighted by Gasteiger charge is -2.17. The lowest BCUT2D eigenvalue weighted by Crippen LogP contribution is -2.30. The predicted octanol–water partition coefficient (Wildman–Crippen LogP) is 2.69. The molecule has 2 aromatic rings. The maximum absolute atomic E-state index is 13.0. The molecule has 0 aliphatic rings. The van der Waals surface area contributed by atoms with Crippen LogP contribution in [0.5, 0.6) is 0 Å². The molecule has 0 saturated heterocycles. The number of carbonyl (C=O) groups is 1. The highest BCUT2D eigenvalue weighted by Gasteiger charge is 2.25. The third kappa shape index (κ3) is 4.13. The van der Waals surface area contributed by atoms with Crippen LogP contribution in [0.1, 0.15) is 42.9 Å². The topological polar surface area (TPSA) is 71.4 Å². The van der Waals surface area contributed by atoms with E-state index in [1.54, 1.807) is 40.0 Å². The summed E-state index contributed by atoms with van der Waals surface area (Å²) in [6, 6.07) is 6.88. The second-order valence-corrected chi connectivity index (χ2v) is 7.95. The molecule has 1 N–H and O–H groups in total. The summed E-state index contributed by atoms with van der Waals surface area (Å²) in [7, 11) is -2.01. The van der Waals surface area contributed by atoms with E-state index in [1.807, 2.05) is 0 Å². The molecule has 0 saturated carbocycles. The molecule has 1 aromatic carbocycles. The van der Waals surface area contributed by atoms with E-state index in [1.165, 1.54) is 33.3 Å². The van der Waals surface area contributed by atoms with Gasteiger partial charge in [0, 0.05) is 26.3 Å². The maximum Gasteiger partial charge on any atom is 0.268 e. The van der Waals surface area contributed by atoms with Gasteiger partial charge in [-0.3, -0.25) is 4.79 Å². The summed E-state index contributed by atoms with van der Waals surface area (Å²) in [5.41, 5.74) is 0.995. The van der Waals surface area contributed by atoms with E-state index < -0.39 is 15.9 Å². The number of carbonyl (C=O) groups excluding carboxylic acids is 1. The molecule has 0 aliphatic heterocycles. The average Bonchev–Trinajstić information content (AvgIpc) is 2.99. The van der Waals surface area contributed by atoms with Crippen molar-refractivity contribution in [3.63, 3.8) is 0 Å². The van der Waals surface area contributed by atoms with Gasteiger partial charge in [-0.15, -0.1) is 0 Å². The number of nitrogens with one attached hydrogen (secondary N) is 1. The first-order valence-corrected chi connectivity index (χ1v) is 9.87. The average molecular weight is 381 g/mol. The summed E-state index contributed by atoms with van der Waals surface area (Å²) in [4.78, 5) is 12.6. The Morgan fingerprint density at radius 2 is 1.81 bits per heavy atom. The molecule has 0 fully saturated rings. The van der Waals surface area contributed by atoms with E-state index in [0.717, 1.165) is 5.56 Å². The first-order valence-electron chi connectivity index (χ1n) is 8.43. The van der Waals surface area contributed by atoms with Gasteiger partial charge < -0.3 is 9.88 Å². The molecule has 1 unspecified atom stereocenters. The first-order chi connectivity index (χ1) is 12.2. The van der Waals surface area contributed by atoms with Gasteiger partial charge in [0.2, 0.25) is 10.0 Å². The Kier molecular flexibility index (Phi) is 6.20. The number of rotatable bonds is 7. The molecule has 0 spiro atoms. The molecule has 2 rings (SSSR count). The maximum atomic E-state index is 13.0. The Morgan fingerprint density at radius 1 is 1.23 bits per heavy atom. The number of aromatic nitrogens is 1. The van der Waals surface area contributed by atoms with Crippen LogP contribution in [-0.2, 0) is 17.1 Å². The number of hydrogen-bond acceptors (Lipinski definition) is 3. The van der Waals surface area contributed by atoms with Crippen molar-refractivity contribution in [2.24, 2.45) is 7.05 Å². The van der Waals surface area contributed by atoms with Crippen LogP contribution in [0.25, 0.3) is 0 Å². The van der Waals surface area contributed by atoms with Gasteiger partial charge in [0.05, 0.1) is 6.04 Å². The summed E-state index contributed by atoms with van der Waals surface area (Å²) in [6.07, 6.45) is 1.44. The van der Waals surface area contributed by atoms with Crippen molar-refractivity contribution >= 4 is 15.9 Å². The van der Waals surface area contributed by atoms with E-state index in [-0.39, 0.29) is 22.4 Å². The molecule has 26 heavy (non-hydrogen) atoms. The Labute approximate surface area is 153 Å². The first kappa shape index (κ1) is 20.1. The molecule has 1 atom stereocenters. The van der Waals surface area contributed by atoms with Crippen molar-refractivity contribution in [3.8, 4) is 0 Å². The second-order valence-electron chi connectivity index (χ2n) is 6.01. The molecule has 6 nitrogen and oxygen atoms in total. The summed E-state index contributed by atoms with van der Waals surface area (Å²) in [6.45, 7) is 6.03. The van der Waals surface area contributed by atoms with Gasteiger partial charge in [-0.2, -0.15) is 4.31 Å². The van der Waals surface area contributed by atoms with Crippen LogP contribution in [0, 0.1) is 5.82 Å². The van der Waals surface area contributed by atoms with E-state index >= 15 is 0 Å². The molecule has 0 bridgehead atoms. The lowest BCUT2D eigenvalue weighted by molar-refractivity contribution is 0.0931. The van der Waals surface area contributed by atoms with Crippen molar-refractivity contribution in [1.82, 2.24) is 14.2 Å². The highest BCUT2D eigenvalue weighted by Crippen LogP contribution is 2.19. The minimum atomic E-state index is -3.63. The molecule has 142 valence electrons. The number of benzene rings is 1. The van der Waals surface area contributed by atoms with Crippen molar-refractivity contribution in [2.75, 3.05) is 13.1 Å². The number of amides is 1. The van der Waals surface area contributed by atoms with E-state index in [0.29, 0.717) is 13.1 Å². The quantitative estimate of drug-likeness (QED) is 0.802. The summed E-state index contributed by atoms with van der Waals surface area (Å²) < 4.78 is 41.1. The molecule has 0 aliphatic carbocycles. The Balaban J connectivity index is 2.22. The third-order valence-electron chi connectivity index (χ3n) is 4.27. The Hall–Kier alpha value is -2.19. The van der Waals surface area contributed by atoms with Gasteiger partial charge in [-0.25, -0.2) is 12.8 Å². The van der Waals surface area contributed by atoms with Gasteiger partial charge in [-0.05, 0) is 30.7 Å². The Morgan fingerprint density at radius 3 is 2.35 bits per heavy atom. The Bertz CT molecular complexity index is 872. The normalized spacial score (nSPS) is 13.0. The minimum absolute atomic E-state index is 0.0864. The molecule has 8 heteroatoms. The SMILES string of the molecule is CCN(CC)S(=O)(=O)c1cc(C(=O)NC(C)c2ccc(F)cc2)n(C)c1. The van der Waals surface area contributed by atoms with Crippen molar-refractivity contribution < 1.29 is 17.6 Å². The van der Waals surface area contributed by atoms with Gasteiger partial charge in [0.1, 0.15) is 16.4 Å². The molecule has 1 heterocycles. The third-order valence-corrected chi connectivity index (χ3v) is 6.29. The van der Waals surface area contributed by atoms with Gasteiger partial charge in [-0.1, -0.05) is 26.0 Å². The largest absolute Gasteiger partial charge is 0.345 e. The zero-order valence-corrected chi connectivity index (χ0v) is 16.2. The number of aryl methyl sites for hydroxylation is 1. The van der Waals surface area contributed by atoms with Crippen LogP contribution < -0.4 is 5.32 Å². The monoisotopic (exact) mass is 381 g/mol. The fraction of sp³-hybridized carbons (Fsp3) is 0.389. The summed E-state index contributed by atoms with van der Waals surface area (Å²) in [5.74, 6) is -0.744. The van der Waals surface area contributed by atoms with Crippen LogP contribution in [0.15, 0.2) is 41.4 Å². The molecule has 0 radical (unpaired) electrons. The fourth-order valence-electron chi connectivity index (χ4n) is 2.72. The number of sulfonamides is 1. The van der Waals surface area contributed by atoms with Crippen molar-refractivity contribution in [2.45, 2.75) is 31.7 Å². The van der Waals surface area contributed by atoms with Crippen molar-refractivity contribution in [3.05, 3.63) is 53.6 Å². The van der Waals surface area contributed by atoms with Crippen molar-refractivity contribution in [1.29, 1.82) is 0 Å². The summed E-state index contributed by atoms with van der Waals surface area (Å²) >= 11 is 0. The second kappa shape index (κ2) is 8.01. The molecule has 1 amide bonds. The van der Waals surface area contributed by atoms with Crippen LogP contribution >= 0.6 is 0 Å². The van der Waals surface area contributed by atoms with E-state index in [4.69, 9.17) is 0 Å². The van der Waals surface area contributed by atoms with Crippen LogP contribution in [0.2, 0.25) is 0 Å². The summed E-state index contributed by atoms with van der Waals surface area (Å²) in [5, 5.41) is 2.80. The number of nitrogens with zero attached hydrogens (tertiary/aromatic N) is 2. The molecule has 1 aromatic heterocycles. The minimum Gasteiger partial charge on any atom is -0.345 e. The lowest BCUT2D eigenvalue weighted by atomic mass is 10.1. The fourth-order valence-corrected chi connectivity index (χ4v) is 4.25. The van der Waals surface area contributed by atoms with Crippen LogP contribution in [0.3, 0.4) is 0 Å². The van der Waals surface area contributed by atoms with Gasteiger partial charge >= 0.3 is 0 Å². The van der Waals surface area contributed by atoms with Gasteiger partial charge in [0.15, 0.2) is 0 Å². The van der Waals surface area contributed by atoms with Crippen LogP contribution in [0.4, 0.5) is 4.39 Å². The highest BCUT2D eigenvalue weighted by atomic mass is 32.2. The predicted molar refractivity (Wildman–Crippen MR) is 97.8 cm³/mol.